The van der Waals surface area contributed by atoms with Crippen molar-refractivity contribution in [2.24, 2.45) is 0 Å². The summed E-state index contributed by atoms with van der Waals surface area (Å²) in [7, 11) is 0. The molecule has 0 aromatic heterocycles. The molecule has 1 aliphatic heterocycles. The molecule has 1 aromatic carbocycles. The highest BCUT2D eigenvalue weighted by Gasteiger charge is 2.27. The second kappa shape index (κ2) is 6.84. The van der Waals surface area contributed by atoms with Crippen LogP contribution in [0.25, 0.3) is 0 Å². The van der Waals surface area contributed by atoms with Gasteiger partial charge < -0.3 is 15.4 Å². The summed E-state index contributed by atoms with van der Waals surface area (Å²) < 4.78 is 5.59. The largest absolute Gasteiger partial charge is 0.492 e. The lowest BCUT2D eigenvalue weighted by atomic mass is 10.2. The number of anilines is 2. The fraction of sp³-hybridized carbons (Fsp3) is 0.625. The smallest absolute Gasteiger partial charge is 0.144 e. The van der Waals surface area contributed by atoms with Gasteiger partial charge in [-0.25, -0.2) is 0 Å². The molecule has 1 aromatic rings. The maximum absolute atomic E-state index is 6.26. The minimum Gasteiger partial charge on any atom is -0.492 e. The Morgan fingerprint density at radius 1 is 1.30 bits per heavy atom. The molecule has 2 N–H and O–H groups in total. The third-order valence-electron chi connectivity index (χ3n) is 4.18. The maximum atomic E-state index is 6.26. The van der Waals surface area contributed by atoms with Gasteiger partial charge in [-0.1, -0.05) is 19.9 Å². The van der Waals surface area contributed by atoms with Crippen molar-refractivity contribution < 1.29 is 4.74 Å². The third-order valence-corrected chi connectivity index (χ3v) is 4.18. The van der Waals surface area contributed by atoms with E-state index >= 15 is 0 Å². The van der Waals surface area contributed by atoms with Crippen molar-refractivity contribution in [1.82, 2.24) is 4.90 Å². The molecule has 0 amide bonds. The Hall–Kier alpha value is -1.42. The van der Waals surface area contributed by atoms with E-state index in [2.05, 4.69) is 29.7 Å². The molecule has 0 spiro atoms. The quantitative estimate of drug-likeness (QED) is 0.812. The second-order valence-electron chi connectivity index (χ2n) is 5.23. The van der Waals surface area contributed by atoms with Crippen LogP contribution in [0, 0.1) is 0 Å². The summed E-state index contributed by atoms with van der Waals surface area (Å²) in [5, 5.41) is 0. The number of nitrogen functional groups attached to an aromatic ring is 1. The van der Waals surface area contributed by atoms with Gasteiger partial charge in [0.05, 0.1) is 18.0 Å². The van der Waals surface area contributed by atoms with Crippen LogP contribution in [0.5, 0.6) is 5.75 Å². The molecule has 4 nitrogen and oxygen atoms in total. The summed E-state index contributed by atoms with van der Waals surface area (Å²) in [5.74, 6) is 0.802. The standard InChI is InChI=1S/C16H27N3O/c1-4-18(5-2)13-10-11-19(12-13)14-8-7-9-15(16(14)17)20-6-3/h7-9,13H,4-6,10-12,17H2,1-3H3. The monoisotopic (exact) mass is 277 g/mol. The Balaban J connectivity index is 2.12. The Morgan fingerprint density at radius 3 is 2.70 bits per heavy atom. The molecule has 0 saturated carbocycles. The van der Waals surface area contributed by atoms with E-state index in [0.29, 0.717) is 12.6 Å². The lowest BCUT2D eigenvalue weighted by Gasteiger charge is -2.27. The highest BCUT2D eigenvalue weighted by Crippen LogP contribution is 2.34. The number of rotatable bonds is 6. The van der Waals surface area contributed by atoms with Gasteiger partial charge in [-0.05, 0) is 38.6 Å². The summed E-state index contributed by atoms with van der Waals surface area (Å²) in [5.41, 5.74) is 8.14. The van der Waals surface area contributed by atoms with Crippen LogP contribution >= 0.6 is 0 Å². The molecule has 20 heavy (non-hydrogen) atoms. The number of nitrogens with two attached hydrogens (primary N) is 1. The van der Waals surface area contributed by atoms with Crippen LogP contribution in [0.3, 0.4) is 0 Å². The van der Waals surface area contributed by atoms with Gasteiger partial charge in [0.15, 0.2) is 0 Å². The van der Waals surface area contributed by atoms with Crippen LogP contribution in [0.1, 0.15) is 27.2 Å². The van der Waals surface area contributed by atoms with Gasteiger partial charge in [-0.2, -0.15) is 0 Å². The van der Waals surface area contributed by atoms with Crippen LogP contribution in [-0.2, 0) is 0 Å². The summed E-state index contributed by atoms with van der Waals surface area (Å²) in [6, 6.07) is 6.71. The topological polar surface area (TPSA) is 41.7 Å². The average Bonchev–Trinajstić information content (AvgIpc) is 2.92. The Labute approximate surface area is 122 Å². The van der Waals surface area contributed by atoms with Crippen LogP contribution in [-0.4, -0.2) is 43.7 Å². The van der Waals surface area contributed by atoms with Gasteiger partial charge in [-0.15, -0.1) is 0 Å². The molecule has 112 valence electrons. The normalized spacial score (nSPS) is 18.8. The number of hydrogen-bond acceptors (Lipinski definition) is 4. The molecule has 2 rings (SSSR count). The second-order valence-corrected chi connectivity index (χ2v) is 5.23. The first kappa shape index (κ1) is 15.0. The van der Waals surface area contributed by atoms with Crippen molar-refractivity contribution in [1.29, 1.82) is 0 Å². The molecule has 1 unspecified atom stereocenters. The van der Waals surface area contributed by atoms with E-state index in [1.165, 1.54) is 6.42 Å². The van der Waals surface area contributed by atoms with Gasteiger partial charge >= 0.3 is 0 Å². The van der Waals surface area contributed by atoms with E-state index in [0.717, 1.165) is 43.3 Å². The molecule has 0 aliphatic carbocycles. The van der Waals surface area contributed by atoms with Crippen LogP contribution in [0.4, 0.5) is 11.4 Å². The molecular formula is C16H27N3O. The van der Waals surface area contributed by atoms with Gasteiger partial charge in [0, 0.05) is 19.1 Å². The van der Waals surface area contributed by atoms with E-state index < -0.39 is 0 Å². The van der Waals surface area contributed by atoms with Crippen molar-refractivity contribution >= 4 is 11.4 Å². The zero-order chi connectivity index (χ0) is 14.5. The van der Waals surface area contributed by atoms with Gasteiger partial charge in [0.1, 0.15) is 5.75 Å². The number of hydrogen-bond donors (Lipinski definition) is 1. The van der Waals surface area contributed by atoms with Crippen LogP contribution < -0.4 is 15.4 Å². The minimum absolute atomic E-state index is 0.639. The summed E-state index contributed by atoms with van der Waals surface area (Å²) in [6.45, 7) is 11.5. The van der Waals surface area contributed by atoms with E-state index in [1.54, 1.807) is 0 Å². The van der Waals surface area contributed by atoms with Crippen LogP contribution in [0.15, 0.2) is 18.2 Å². The minimum atomic E-state index is 0.639. The van der Waals surface area contributed by atoms with Gasteiger partial charge in [-0.3, -0.25) is 4.90 Å². The third kappa shape index (κ3) is 3.01. The van der Waals surface area contributed by atoms with Crippen molar-refractivity contribution in [2.45, 2.75) is 33.2 Å². The molecule has 0 bridgehead atoms. The summed E-state index contributed by atoms with van der Waals surface area (Å²) in [4.78, 5) is 4.92. The maximum Gasteiger partial charge on any atom is 0.144 e. The molecule has 1 heterocycles. The van der Waals surface area contributed by atoms with Crippen molar-refractivity contribution in [3.63, 3.8) is 0 Å². The van der Waals surface area contributed by atoms with E-state index in [-0.39, 0.29) is 0 Å². The van der Waals surface area contributed by atoms with E-state index in [4.69, 9.17) is 10.5 Å². The number of benzene rings is 1. The Morgan fingerprint density at radius 2 is 2.05 bits per heavy atom. The van der Waals surface area contributed by atoms with Gasteiger partial charge in [0.25, 0.3) is 0 Å². The summed E-state index contributed by atoms with van der Waals surface area (Å²) >= 11 is 0. The summed E-state index contributed by atoms with van der Waals surface area (Å²) in [6.07, 6.45) is 1.21. The van der Waals surface area contributed by atoms with E-state index in [9.17, 15) is 0 Å². The molecular weight excluding hydrogens is 250 g/mol. The molecule has 0 radical (unpaired) electrons. The van der Waals surface area contributed by atoms with Crippen molar-refractivity contribution in [3.05, 3.63) is 18.2 Å². The number of para-hydroxylation sites is 1. The lowest BCUT2D eigenvalue weighted by Crippen LogP contribution is -2.37. The lowest BCUT2D eigenvalue weighted by molar-refractivity contribution is 0.232. The first-order chi connectivity index (χ1) is 9.71. The molecule has 1 saturated heterocycles. The zero-order valence-electron chi connectivity index (χ0n) is 12.9. The average molecular weight is 277 g/mol. The highest BCUT2D eigenvalue weighted by molar-refractivity contribution is 5.74. The molecule has 1 aliphatic rings. The number of likely N-dealkylation sites (N-methyl/N-ethyl adjacent to an activating group) is 1. The Kier molecular flexibility index (Phi) is 5.12. The SMILES string of the molecule is CCOc1cccc(N2CCC(N(CC)CC)C2)c1N. The van der Waals surface area contributed by atoms with Gasteiger partial charge in [0.2, 0.25) is 0 Å². The first-order valence-corrected chi connectivity index (χ1v) is 7.71. The van der Waals surface area contributed by atoms with Crippen LogP contribution in [0.2, 0.25) is 0 Å². The molecule has 4 heteroatoms. The van der Waals surface area contributed by atoms with E-state index in [1.807, 2.05) is 19.1 Å². The first-order valence-electron chi connectivity index (χ1n) is 7.71. The highest BCUT2D eigenvalue weighted by atomic mass is 16.5. The zero-order valence-corrected chi connectivity index (χ0v) is 12.9. The molecule has 1 fully saturated rings. The predicted octanol–water partition coefficient (Wildman–Crippen LogP) is 2.59. The van der Waals surface area contributed by atoms with Crippen molar-refractivity contribution in [3.8, 4) is 5.75 Å². The number of nitrogens with zero attached hydrogens (tertiary/aromatic N) is 2. The Bertz CT molecular complexity index is 432. The fourth-order valence-corrected chi connectivity index (χ4v) is 3.09. The number of ether oxygens (including phenoxy) is 1. The fourth-order valence-electron chi connectivity index (χ4n) is 3.09. The molecule has 1 atom stereocenters. The predicted molar refractivity (Wildman–Crippen MR) is 85.6 cm³/mol. The van der Waals surface area contributed by atoms with Crippen molar-refractivity contribution in [2.75, 3.05) is 43.4 Å².